The van der Waals surface area contributed by atoms with E-state index in [1.54, 1.807) is 0 Å². The Morgan fingerprint density at radius 2 is 2.35 bits per heavy atom. The second kappa shape index (κ2) is 5.32. The Hall–Kier alpha value is -1.35. The zero-order valence-electron chi connectivity index (χ0n) is 10.2. The van der Waals surface area contributed by atoms with Crippen LogP contribution in [0.5, 0.6) is 0 Å². The third-order valence-corrected chi connectivity index (χ3v) is 3.46. The van der Waals surface area contributed by atoms with E-state index in [0.717, 1.165) is 30.6 Å². The van der Waals surface area contributed by atoms with E-state index in [1.807, 2.05) is 19.1 Å². The number of carboxylic acid groups (broad SMARTS) is 1. The first-order valence-electron chi connectivity index (χ1n) is 6.20. The van der Waals surface area contributed by atoms with E-state index in [9.17, 15) is 4.79 Å². The fourth-order valence-electron chi connectivity index (χ4n) is 2.46. The lowest BCUT2D eigenvalue weighted by atomic mass is 9.91. The van der Waals surface area contributed by atoms with Crippen LogP contribution in [0.3, 0.4) is 0 Å². The number of aromatic carboxylic acids is 1. The van der Waals surface area contributed by atoms with E-state index in [-0.39, 0.29) is 0 Å². The van der Waals surface area contributed by atoms with Crippen molar-refractivity contribution in [1.82, 2.24) is 5.32 Å². The molecule has 0 aliphatic carbocycles. The summed E-state index contributed by atoms with van der Waals surface area (Å²) in [5.74, 6) is -0.181. The highest BCUT2D eigenvalue weighted by Gasteiger charge is 2.15. The van der Waals surface area contributed by atoms with Gasteiger partial charge < -0.3 is 10.4 Å². The van der Waals surface area contributed by atoms with Crippen LogP contribution in [-0.4, -0.2) is 24.2 Å². The minimum Gasteiger partial charge on any atom is -0.478 e. The third-order valence-electron chi connectivity index (χ3n) is 3.46. The second-order valence-electron chi connectivity index (χ2n) is 4.87. The molecule has 2 N–H and O–H groups in total. The molecule has 1 aliphatic heterocycles. The van der Waals surface area contributed by atoms with Gasteiger partial charge in [0.25, 0.3) is 0 Å². The first-order chi connectivity index (χ1) is 8.16. The third kappa shape index (κ3) is 3.07. The van der Waals surface area contributed by atoms with Crippen molar-refractivity contribution in [2.24, 2.45) is 5.92 Å². The lowest BCUT2D eigenvalue weighted by Crippen LogP contribution is -2.30. The van der Waals surface area contributed by atoms with Gasteiger partial charge in [-0.15, -0.1) is 0 Å². The minimum absolute atomic E-state index is 0.436. The fraction of sp³-hybridized carbons (Fsp3) is 0.500. The quantitative estimate of drug-likeness (QED) is 0.841. The molecule has 92 valence electrons. The van der Waals surface area contributed by atoms with E-state index in [0.29, 0.717) is 11.5 Å². The molecule has 1 aromatic rings. The maximum Gasteiger partial charge on any atom is 0.335 e. The molecule has 1 unspecified atom stereocenters. The molecule has 0 radical (unpaired) electrons. The van der Waals surface area contributed by atoms with Crippen LogP contribution < -0.4 is 5.32 Å². The van der Waals surface area contributed by atoms with Crippen molar-refractivity contribution in [2.45, 2.75) is 26.2 Å². The van der Waals surface area contributed by atoms with E-state index in [1.165, 1.54) is 12.8 Å². The molecule has 1 aromatic carbocycles. The second-order valence-corrected chi connectivity index (χ2v) is 4.87. The fourth-order valence-corrected chi connectivity index (χ4v) is 2.46. The SMILES string of the molecule is Cc1ccc(CC2CCCNC2)cc1C(=O)O. The maximum atomic E-state index is 11.1. The first-order valence-corrected chi connectivity index (χ1v) is 6.20. The molecule has 1 aliphatic rings. The van der Waals surface area contributed by atoms with Gasteiger partial charge in [-0.05, 0) is 62.4 Å². The van der Waals surface area contributed by atoms with Gasteiger partial charge in [-0.3, -0.25) is 0 Å². The van der Waals surface area contributed by atoms with Crippen molar-refractivity contribution in [1.29, 1.82) is 0 Å². The van der Waals surface area contributed by atoms with Crippen molar-refractivity contribution in [3.63, 3.8) is 0 Å². The Bertz CT molecular complexity index is 409. The van der Waals surface area contributed by atoms with Crippen LogP contribution in [0.1, 0.15) is 34.3 Å². The molecule has 3 heteroatoms. The van der Waals surface area contributed by atoms with Crippen molar-refractivity contribution >= 4 is 5.97 Å². The van der Waals surface area contributed by atoms with Gasteiger partial charge in [0.05, 0.1) is 5.56 Å². The Kier molecular flexibility index (Phi) is 3.79. The summed E-state index contributed by atoms with van der Waals surface area (Å²) in [5, 5.41) is 12.5. The number of aryl methyl sites for hydroxylation is 1. The van der Waals surface area contributed by atoms with Crippen molar-refractivity contribution in [3.8, 4) is 0 Å². The molecule has 3 nitrogen and oxygen atoms in total. The highest BCUT2D eigenvalue weighted by Crippen LogP contribution is 2.19. The molecular formula is C14H19NO2. The van der Waals surface area contributed by atoms with Gasteiger partial charge in [-0.25, -0.2) is 4.79 Å². The van der Waals surface area contributed by atoms with Crippen molar-refractivity contribution < 1.29 is 9.90 Å². The molecule has 2 rings (SSSR count). The topological polar surface area (TPSA) is 49.3 Å². The molecule has 17 heavy (non-hydrogen) atoms. The lowest BCUT2D eigenvalue weighted by molar-refractivity contribution is 0.0696. The summed E-state index contributed by atoms with van der Waals surface area (Å²) in [6, 6.07) is 5.79. The maximum absolute atomic E-state index is 11.1. The molecule has 0 aromatic heterocycles. The van der Waals surface area contributed by atoms with E-state index in [2.05, 4.69) is 11.4 Å². The number of hydrogen-bond donors (Lipinski definition) is 2. The highest BCUT2D eigenvalue weighted by atomic mass is 16.4. The standard InChI is InChI=1S/C14H19NO2/c1-10-4-5-11(8-13(10)14(16)17)7-12-3-2-6-15-9-12/h4-5,8,12,15H,2-3,6-7,9H2,1H3,(H,16,17). The van der Waals surface area contributed by atoms with Crippen molar-refractivity contribution in [2.75, 3.05) is 13.1 Å². The average molecular weight is 233 g/mol. The number of nitrogens with one attached hydrogen (secondary N) is 1. The van der Waals surface area contributed by atoms with Gasteiger partial charge in [0.1, 0.15) is 0 Å². The van der Waals surface area contributed by atoms with E-state index >= 15 is 0 Å². The molecule has 1 saturated heterocycles. The molecule has 1 fully saturated rings. The van der Waals surface area contributed by atoms with Gasteiger partial charge in [-0.1, -0.05) is 12.1 Å². The number of piperidine rings is 1. The van der Waals surface area contributed by atoms with Crippen LogP contribution in [0, 0.1) is 12.8 Å². The molecule has 0 saturated carbocycles. The summed E-state index contributed by atoms with van der Waals surface area (Å²) in [4.78, 5) is 11.1. The van der Waals surface area contributed by atoms with Crippen LogP contribution in [0.25, 0.3) is 0 Å². The highest BCUT2D eigenvalue weighted by molar-refractivity contribution is 5.89. The number of hydrogen-bond acceptors (Lipinski definition) is 2. The lowest BCUT2D eigenvalue weighted by Gasteiger charge is -2.22. The predicted octanol–water partition coefficient (Wildman–Crippen LogP) is 2.24. The summed E-state index contributed by atoms with van der Waals surface area (Å²) in [7, 11) is 0. The van der Waals surface area contributed by atoms with Gasteiger partial charge in [-0.2, -0.15) is 0 Å². The monoisotopic (exact) mass is 233 g/mol. The van der Waals surface area contributed by atoms with Crippen LogP contribution >= 0.6 is 0 Å². The predicted molar refractivity (Wildman–Crippen MR) is 67.4 cm³/mol. The molecular weight excluding hydrogens is 214 g/mol. The molecule has 1 heterocycles. The van der Waals surface area contributed by atoms with Crippen LogP contribution in [0.2, 0.25) is 0 Å². The summed E-state index contributed by atoms with van der Waals surface area (Å²) >= 11 is 0. The normalized spacial score (nSPS) is 20.2. The minimum atomic E-state index is -0.828. The molecule has 0 spiro atoms. The Labute approximate surface area is 102 Å². The Morgan fingerprint density at radius 3 is 3.00 bits per heavy atom. The van der Waals surface area contributed by atoms with Crippen molar-refractivity contribution in [3.05, 3.63) is 34.9 Å². The number of benzene rings is 1. The van der Waals surface area contributed by atoms with Crippen LogP contribution in [0.15, 0.2) is 18.2 Å². The summed E-state index contributed by atoms with van der Waals surface area (Å²) in [6.07, 6.45) is 3.44. The van der Waals surface area contributed by atoms with E-state index < -0.39 is 5.97 Å². The molecule has 1 atom stereocenters. The molecule has 0 amide bonds. The first kappa shape index (κ1) is 12.1. The summed E-state index contributed by atoms with van der Waals surface area (Å²) in [5.41, 5.74) is 2.41. The number of rotatable bonds is 3. The van der Waals surface area contributed by atoms with Gasteiger partial charge in [0, 0.05) is 0 Å². The molecule has 0 bridgehead atoms. The zero-order chi connectivity index (χ0) is 12.3. The zero-order valence-corrected chi connectivity index (χ0v) is 10.2. The van der Waals surface area contributed by atoms with Gasteiger partial charge in [0.15, 0.2) is 0 Å². The van der Waals surface area contributed by atoms with Gasteiger partial charge in [0.2, 0.25) is 0 Å². The number of carboxylic acids is 1. The number of carbonyl (C=O) groups is 1. The summed E-state index contributed by atoms with van der Waals surface area (Å²) in [6.45, 7) is 4.01. The van der Waals surface area contributed by atoms with Crippen LogP contribution in [-0.2, 0) is 6.42 Å². The van der Waals surface area contributed by atoms with E-state index in [4.69, 9.17) is 5.11 Å². The Balaban J connectivity index is 2.10. The summed E-state index contributed by atoms with van der Waals surface area (Å²) < 4.78 is 0. The average Bonchev–Trinajstić information content (AvgIpc) is 2.32. The smallest absolute Gasteiger partial charge is 0.335 e. The Morgan fingerprint density at radius 1 is 1.53 bits per heavy atom. The van der Waals surface area contributed by atoms with Crippen LogP contribution in [0.4, 0.5) is 0 Å². The van der Waals surface area contributed by atoms with Gasteiger partial charge >= 0.3 is 5.97 Å². The largest absolute Gasteiger partial charge is 0.478 e.